The van der Waals surface area contributed by atoms with Crippen molar-refractivity contribution >= 4 is 11.3 Å². The molecule has 3 rings (SSSR count). The van der Waals surface area contributed by atoms with E-state index in [1.165, 1.54) is 6.07 Å². The fourth-order valence-electron chi connectivity index (χ4n) is 2.73. The zero-order chi connectivity index (χ0) is 15.4. The average molecular weight is 321 g/mol. The molecule has 22 heavy (non-hydrogen) atoms. The zero-order valence-corrected chi connectivity index (χ0v) is 13.5. The van der Waals surface area contributed by atoms with Gasteiger partial charge in [-0.2, -0.15) is 0 Å². The monoisotopic (exact) mass is 321 g/mol. The summed E-state index contributed by atoms with van der Waals surface area (Å²) in [6, 6.07) is 4.80. The number of aromatic nitrogens is 2. The van der Waals surface area contributed by atoms with E-state index in [4.69, 9.17) is 4.74 Å². The number of benzene rings is 1. The quantitative estimate of drug-likeness (QED) is 0.918. The molecule has 2 heterocycles. The molecule has 0 spiro atoms. The van der Waals surface area contributed by atoms with Crippen molar-refractivity contribution in [3.05, 3.63) is 39.6 Å². The van der Waals surface area contributed by atoms with Crippen LogP contribution in [0.4, 0.5) is 4.39 Å². The van der Waals surface area contributed by atoms with Crippen LogP contribution in [0.5, 0.6) is 5.75 Å². The standard InChI is InChI=1S/C16H20FN3OS/c1-2-15-19-20-16(22-15)10-21-14-4-3-12(17)9-13(14)11-5-7-18-8-6-11/h3-4,9,11,18H,2,5-8,10H2,1H3. The molecule has 6 heteroatoms. The minimum absolute atomic E-state index is 0.204. The van der Waals surface area contributed by atoms with Crippen LogP contribution in [0, 0.1) is 5.82 Å². The van der Waals surface area contributed by atoms with E-state index in [9.17, 15) is 4.39 Å². The molecular weight excluding hydrogens is 301 g/mol. The third-order valence-electron chi connectivity index (χ3n) is 3.91. The maximum absolute atomic E-state index is 13.6. The Kier molecular flexibility index (Phi) is 5.00. The molecule has 0 saturated carbocycles. The van der Waals surface area contributed by atoms with Crippen molar-refractivity contribution in [3.63, 3.8) is 0 Å². The summed E-state index contributed by atoms with van der Waals surface area (Å²) in [7, 11) is 0. The summed E-state index contributed by atoms with van der Waals surface area (Å²) in [5.74, 6) is 0.916. The minimum atomic E-state index is -0.204. The highest BCUT2D eigenvalue weighted by molar-refractivity contribution is 7.11. The van der Waals surface area contributed by atoms with Gasteiger partial charge in [0.1, 0.15) is 23.2 Å². The second-order valence-electron chi connectivity index (χ2n) is 5.44. The van der Waals surface area contributed by atoms with E-state index in [2.05, 4.69) is 22.4 Å². The second-order valence-corrected chi connectivity index (χ2v) is 6.58. The molecule has 0 bridgehead atoms. The van der Waals surface area contributed by atoms with Gasteiger partial charge < -0.3 is 10.1 Å². The first-order valence-corrected chi connectivity index (χ1v) is 8.52. The lowest BCUT2D eigenvalue weighted by Crippen LogP contribution is -2.26. The molecule has 0 aliphatic carbocycles. The predicted octanol–water partition coefficient (Wildman–Crippen LogP) is 3.29. The fourth-order valence-corrected chi connectivity index (χ4v) is 3.43. The van der Waals surface area contributed by atoms with E-state index in [0.29, 0.717) is 12.5 Å². The van der Waals surface area contributed by atoms with E-state index < -0.39 is 0 Å². The smallest absolute Gasteiger partial charge is 0.155 e. The van der Waals surface area contributed by atoms with Crippen LogP contribution in [0.2, 0.25) is 0 Å². The van der Waals surface area contributed by atoms with Crippen molar-refractivity contribution in [3.8, 4) is 5.75 Å². The number of aryl methyl sites for hydroxylation is 1. The minimum Gasteiger partial charge on any atom is -0.486 e. The number of ether oxygens (including phenoxy) is 1. The zero-order valence-electron chi connectivity index (χ0n) is 12.6. The molecule has 0 radical (unpaired) electrons. The third kappa shape index (κ3) is 3.62. The van der Waals surface area contributed by atoms with Gasteiger partial charge in [0.05, 0.1) is 0 Å². The Morgan fingerprint density at radius 3 is 2.77 bits per heavy atom. The van der Waals surface area contributed by atoms with Gasteiger partial charge in [-0.05, 0) is 56.5 Å². The Balaban J connectivity index is 1.74. The predicted molar refractivity (Wildman–Crippen MR) is 84.9 cm³/mol. The van der Waals surface area contributed by atoms with Gasteiger partial charge in [0, 0.05) is 5.56 Å². The Hall–Kier alpha value is -1.53. The molecular formula is C16H20FN3OS. The van der Waals surface area contributed by atoms with Crippen LogP contribution in [0.1, 0.15) is 41.3 Å². The molecule has 1 aromatic carbocycles. The SMILES string of the molecule is CCc1nnc(COc2ccc(F)cc2C2CCNCC2)s1. The molecule has 1 aliphatic rings. The maximum atomic E-state index is 13.6. The number of halogens is 1. The van der Waals surface area contributed by atoms with Gasteiger partial charge in [0.15, 0.2) is 5.01 Å². The van der Waals surface area contributed by atoms with Crippen LogP contribution in [-0.4, -0.2) is 23.3 Å². The van der Waals surface area contributed by atoms with Crippen molar-refractivity contribution in [2.75, 3.05) is 13.1 Å². The van der Waals surface area contributed by atoms with Gasteiger partial charge in [-0.3, -0.25) is 0 Å². The first kappa shape index (κ1) is 15.4. The summed E-state index contributed by atoms with van der Waals surface area (Å²) in [5.41, 5.74) is 0.974. The summed E-state index contributed by atoms with van der Waals surface area (Å²) in [6.07, 6.45) is 2.91. The summed E-state index contributed by atoms with van der Waals surface area (Å²) < 4.78 is 19.5. The lowest BCUT2D eigenvalue weighted by Gasteiger charge is -2.24. The van der Waals surface area contributed by atoms with Crippen LogP contribution in [-0.2, 0) is 13.0 Å². The number of hydrogen-bond acceptors (Lipinski definition) is 5. The molecule has 4 nitrogen and oxygen atoms in total. The molecule has 1 aromatic heterocycles. The number of nitrogens with one attached hydrogen (secondary N) is 1. The summed E-state index contributed by atoms with van der Waals surface area (Å²) in [6.45, 7) is 4.38. The Morgan fingerprint density at radius 2 is 2.05 bits per heavy atom. The van der Waals surface area contributed by atoms with E-state index in [1.807, 2.05) is 0 Å². The lowest BCUT2D eigenvalue weighted by molar-refractivity contribution is 0.295. The normalized spacial score (nSPS) is 15.9. The van der Waals surface area contributed by atoms with Crippen molar-refractivity contribution in [2.45, 2.75) is 38.7 Å². The topological polar surface area (TPSA) is 47.0 Å². The largest absolute Gasteiger partial charge is 0.486 e. The molecule has 0 amide bonds. The van der Waals surface area contributed by atoms with Crippen LogP contribution < -0.4 is 10.1 Å². The van der Waals surface area contributed by atoms with Crippen molar-refractivity contribution < 1.29 is 9.13 Å². The van der Waals surface area contributed by atoms with Gasteiger partial charge in [-0.1, -0.05) is 18.3 Å². The van der Waals surface area contributed by atoms with E-state index >= 15 is 0 Å². The highest BCUT2D eigenvalue weighted by atomic mass is 32.1. The van der Waals surface area contributed by atoms with Crippen LogP contribution in [0.3, 0.4) is 0 Å². The molecule has 1 saturated heterocycles. The van der Waals surface area contributed by atoms with Crippen LogP contribution in [0.15, 0.2) is 18.2 Å². The van der Waals surface area contributed by atoms with Gasteiger partial charge in [0.25, 0.3) is 0 Å². The van der Waals surface area contributed by atoms with Gasteiger partial charge in [0.2, 0.25) is 0 Å². The lowest BCUT2D eigenvalue weighted by atomic mass is 9.89. The first-order valence-electron chi connectivity index (χ1n) is 7.70. The highest BCUT2D eigenvalue weighted by Gasteiger charge is 2.20. The number of rotatable bonds is 5. The average Bonchev–Trinajstić information content (AvgIpc) is 3.02. The number of piperidine rings is 1. The molecule has 0 atom stereocenters. The van der Waals surface area contributed by atoms with Crippen molar-refractivity contribution in [2.24, 2.45) is 0 Å². The summed E-state index contributed by atoms with van der Waals surface area (Å²) in [4.78, 5) is 0. The van der Waals surface area contributed by atoms with Gasteiger partial charge in [-0.15, -0.1) is 10.2 Å². The molecule has 118 valence electrons. The third-order valence-corrected chi connectivity index (χ3v) is 4.95. The van der Waals surface area contributed by atoms with Crippen LogP contribution >= 0.6 is 11.3 Å². The number of hydrogen-bond donors (Lipinski definition) is 1. The highest BCUT2D eigenvalue weighted by Crippen LogP contribution is 2.33. The van der Waals surface area contributed by atoms with Crippen molar-refractivity contribution in [1.29, 1.82) is 0 Å². The molecule has 1 N–H and O–H groups in total. The molecule has 1 fully saturated rings. The van der Waals surface area contributed by atoms with Gasteiger partial charge >= 0.3 is 0 Å². The Labute approximate surface area is 133 Å². The van der Waals surface area contributed by atoms with E-state index in [0.717, 1.165) is 53.7 Å². The second kappa shape index (κ2) is 7.15. The summed E-state index contributed by atoms with van der Waals surface area (Å²) >= 11 is 1.57. The van der Waals surface area contributed by atoms with Gasteiger partial charge in [-0.25, -0.2) is 4.39 Å². The maximum Gasteiger partial charge on any atom is 0.155 e. The summed E-state index contributed by atoms with van der Waals surface area (Å²) in [5, 5.41) is 13.4. The Bertz CT molecular complexity index is 626. The van der Waals surface area contributed by atoms with E-state index in [1.54, 1.807) is 23.5 Å². The Morgan fingerprint density at radius 1 is 1.27 bits per heavy atom. The van der Waals surface area contributed by atoms with Crippen LogP contribution in [0.25, 0.3) is 0 Å². The fraction of sp³-hybridized carbons (Fsp3) is 0.500. The molecule has 1 aliphatic heterocycles. The first-order chi connectivity index (χ1) is 10.8. The molecule has 2 aromatic rings. The molecule has 0 unspecified atom stereocenters. The number of nitrogens with zero attached hydrogens (tertiary/aromatic N) is 2. The van der Waals surface area contributed by atoms with Crippen molar-refractivity contribution in [1.82, 2.24) is 15.5 Å². The van der Waals surface area contributed by atoms with E-state index in [-0.39, 0.29) is 5.82 Å².